The molecule has 0 bridgehead atoms. The van der Waals surface area contributed by atoms with Crippen molar-refractivity contribution in [2.45, 2.75) is 51.5 Å². The van der Waals surface area contributed by atoms with Gasteiger partial charge in [-0.15, -0.1) is 10.2 Å². The highest BCUT2D eigenvalue weighted by molar-refractivity contribution is 5.81. The number of aromatic nitrogens is 8. The Hall–Kier alpha value is -6.23. The minimum absolute atomic E-state index is 0.380. The van der Waals surface area contributed by atoms with E-state index in [0.717, 1.165) is 74.5 Å². The van der Waals surface area contributed by atoms with Crippen molar-refractivity contribution in [3.8, 4) is 22.5 Å². The first-order valence-electron chi connectivity index (χ1n) is 18.8. The monoisotopic (exact) mass is 728 g/mol. The van der Waals surface area contributed by atoms with Crippen LogP contribution in [0.4, 0.5) is 0 Å². The fourth-order valence-electron chi connectivity index (χ4n) is 7.80. The number of hydrogen-bond acceptors (Lipinski definition) is 7. The standard InChI is InChI=1S/C45H44N8O2/c1-5-37-40(30-42(54-3)55-4)51(53-43(37)46-41(6-2)48-53)31-32-26-28-33(29-27-32)38-24-16-17-25-39(38)44-47-49-50-52(44)45(34-18-10-7-11-19-34,35-20-12-8-13-21-35)36-22-14-9-15-23-36/h7-29,42H,5-6,30-31H2,1-4H3. The van der Waals surface area contributed by atoms with Crippen molar-refractivity contribution in [1.29, 1.82) is 0 Å². The van der Waals surface area contributed by atoms with Gasteiger partial charge in [-0.2, -0.15) is 4.63 Å². The lowest BCUT2D eigenvalue weighted by Crippen LogP contribution is -2.39. The molecule has 3 heterocycles. The van der Waals surface area contributed by atoms with Crippen LogP contribution in [-0.2, 0) is 40.8 Å². The maximum atomic E-state index is 5.64. The third-order valence-electron chi connectivity index (χ3n) is 10.5. The van der Waals surface area contributed by atoms with E-state index in [1.54, 1.807) is 14.2 Å². The zero-order valence-corrected chi connectivity index (χ0v) is 31.6. The molecule has 0 aliphatic heterocycles. The predicted octanol–water partition coefficient (Wildman–Crippen LogP) is 8.03. The number of aryl methyl sites for hydroxylation is 2. The Morgan fingerprint density at radius 1 is 0.655 bits per heavy atom. The molecule has 0 saturated carbocycles. The zero-order valence-electron chi connectivity index (χ0n) is 31.6. The first-order valence-corrected chi connectivity index (χ1v) is 18.8. The summed E-state index contributed by atoms with van der Waals surface area (Å²) in [7, 11) is 3.34. The zero-order chi connectivity index (χ0) is 37.8. The number of tetrazole rings is 1. The van der Waals surface area contributed by atoms with E-state index in [2.05, 4.69) is 139 Å². The fourth-order valence-corrected chi connectivity index (χ4v) is 7.80. The highest BCUT2D eigenvalue weighted by Gasteiger charge is 2.42. The van der Waals surface area contributed by atoms with E-state index in [4.69, 9.17) is 29.9 Å². The average Bonchev–Trinajstić information content (AvgIpc) is 3.97. The number of methoxy groups -OCH3 is 2. The lowest BCUT2D eigenvalue weighted by molar-refractivity contribution is -0.101. The third kappa shape index (κ3) is 6.43. The Morgan fingerprint density at radius 3 is 1.76 bits per heavy atom. The second kappa shape index (κ2) is 15.6. The van der Waals surface area contributed by atoms with Crippen molar-refractivity contribution >= 4 is 5.65 Å². The lowest BCUT2D eigenvalue weighted by Gasteiger charge is -2.36. The fraction of sp³-hybridized carbons (Fsp3) is 0.222. The molecule has 10 heteroatoms. The summed E-state index contributed by atoms with van der Waals surface area (Å²) in [6.07, 6.45) is 1.79. The maximum Gasteiger partial charge on any atom is 0.184 e. The molecule has 0 saturated heterocycles. The summed E-state index contributed by atoms with van der Waals surface area (Å²) in [6, 6.07) is 48.5. The summed E-state index contributed by atoms with van der Waals surface area (Å²) >= 11 is 0. The van der Waals surface area contributed by atoms with Crippen molar-refractivity contribution in [2.75, 3.05) is 14.2 Å². The van der Waals surface area contributed by atoms with E-state index in [-0.39, 0.29) is 6.29 Å². The second-order valence-electron chi connectivity index (χ2n) is 13.5. The van der Waals surface area contributed by atoms with Gasteiger partial charge in [0.1, 0.15) is 5.54 Å². The van der Waals surface area contributed by atoms with Gasteiger partial charge in [0.2, 0.25) is 0 Å². The quantitative estimate of drug-likeness (QED) is 0.0827. The molecule has 0 radical (unpaired) electrons. The largest absolute Gasteiger partial charge is 0.356 e. The summed E-state index contributed by atoms with van der Waals surface area (Å²) in [4.78, 5) is 4.89. The van der Waals surface area contributed by atoms with E-state index in [1.165, 1.54) is 0 Å². The minimum Gasteiger partial charge on any atom is -0.356 e. The van der Waals surface area contributed by atoms with E-state index >= 15 is 0 Å². The van der Waals surface area contributed by atoms with Crippen LogP contribution >= 0.6 is 0 Å². The van der Waals surface area contributed by atoms with Crippen LogP contribution in [0.5, 0.6) is 0 Å². The summed E-state index contributed by atoms with van der Waals surface area (Å²) < 4.78 is 17.4. The Bertz CT molecular complexity index is 2390. The number of ether oxygens (including phenoxy) is 2. The highest BCUT2D eigenvalue weighted by Crippen LogP contribution is 2.43. The molecule has 0 N–H and O–H groups in total. The van der Waals surface area contributed by atoms with Crippen LogP contribution in [0.15, 0.2) is 140 Å². The first-order chi connectivity index (χ1) is 27.1. The molecular formula is C45H44N8O2. The van der Waals surface area contributed by atoms with Crippen molar-refractivity contribution < 1.29 is 9.47 Å². The van der Waals surface area contributed by atoms with Gasteiger partial charge >= 0.3 is 0 Å². The van der Waals surface area contributed by atoms with Gasteiger partial charge in [0, 0.05) is 43.9 Å². The smallest absolute Gasteiger partial charge is 0.184 e. The predicted molar refractivity (Wildman–Crippen MR) is 214 cm³/mol. The van der Waals surface area contributed by atoms with Crippen LogP contribution in [0.25, 0.3) is 28.2 Å². The molecule has 0 atom stereocenters. The topological polar surface area (TPSA) is 97.2 Å². The Morgan fingerprint density at radius 2 is 1.22 bits per heavy atom. The summed E-state index contributed by atoms with van der Waals surface area (Å²) in [6.45, 7) is 4.84. The van der Waals surface area contributed by atoms with E-state index < -0.39 is 5.54 Å². The molecule has 0 unspecified atom stereocenters. The molecule has 276 valence electrons. The van der Waals surface area contributed by atoms with Crippen LogP contribution < -0.4 is 0 Å². The molecule has 8 rings (SSSR count). The maximum absolute atomic E-state index is 5.64. The number of hydrogen-bond donors (Lipinski definition) is 0. The number of benzene rings is 5. The van der Waals surface area contributed by atoms with Crippen LogP contribution in [0.2, 0.25) is 0 Å². The Labute approximate surface area is 321 Å². The highest BCUT2D eigenvalue weighted by atomic mass is 16.7. The van der Waals surface area contributed by atoms with Gasteiger partial charge < -0.3 is 9.47 Å². The molecule has 5 aromatic carbocycles. The van der Waals surface area contributed by atoms with Gasteiger partial charge in [0.05, 0.1) is 6.54 Å². The van der Waals surface area contributed by atoms with Crippen LogP contribution in [-0.4, -0.2) is 60.1 Å². The van der Waals surface area contributed by atoms with Gasteiger partial charge in [-0.05, 0) is 50.2 Å². The molecule has 0 fully saturated rings. The van der Waals surface area contributed by atoms with Crippen LogP contribution in [0, 0.1) is 0 Å². The number of fused-ring (bicyclic) bond motifs is 1. The molecule has 0 amide bonds. The molecule has 0 aliphatic rings. The molecule has 0 spiro atoms. The van der Waals surface area contributed by atoms with Crippen molar-refractivity contribution in [3.05, 3.63) is 179 Å². The Kier molecular flexibility index (Phi) is 10.2. The molecular weight excluding hydrogens is 685 g/mol. The van der Waals surface area contributed by atoms with Crippen LogP contribution in [0.1, 0.15) is 53.2 Å². The third-order valence-corrected chi connectivity index (χ3v) is 10.5. The van der Waals surface area contributed by atoms with Gasteiger partial charge in [-0.3, -0.25) is 4.68 Å². The summed E-state index contributed by atoms with van der Waals surface area (Å²) in [5, 5.41) is 18.8. The second-order valence-corrected chi connectivity index (χ2v) is 13.5. The first kappa shape index (κ1) is 35.8. The lowest BCUT2D eigenvalue weighted by atomic mass is 9.77. The van der Waals surface area contributed by atoms with E-state index in [1.807, 2.05) is 33.6 Å². The van der Waals surface area contributed by atoms with Crippen molar-refractivity contribution in [3.63, 3.8) is 0 Å². The summed E-state index contributed by atoms with van der Waals surface area (Å²) in [5.41, 5.74) is 9.57. The summed E-state index contributed by atoms with van der Waals surface area (Å²) in [5.74, 6) is 1.48. The van der Waals surface area contributed by atoms with Crippen molar-refractivity contribution in [1.82, 2.24) is 39.6 Å². The van der Waals surface area contributed by atoms with Crippen LogP contribution in [0.3, 0.4) is 0 Å². The average molecular weight is 729 g/mol. The van der Waals surface area contributed by atoms with Gasteiger partial charge in [0.15, 0.2) is 23.6 Å². The van der Waals surface area contributed by atoms with Gasteiger partial charge in [-0.25, -0.2) is 9.67 Å². The molecule has 0 aliphatic carbocycles. The number of nitrogens with zero attached hydrogens (tertiary/aromatic N) is 8. The van der Waals surface area contributed by atoms with Gasteiger partial charge in [0.25, 0.3) is 0 Å². The van der Waals surface area contributed by atoms with Gasteiger partial charge in [-0.1, -0.05) is 153 Å². The van der Waals surface area contributed by atoms with E-state index in [0.29, 0.717) is 18.8 Å². The Balaban J connectivity index is 1.22. The molecule has 8 aromatic rings. The molecule has 55 heavy (non-hydrogen) atoms. The minimum atomic E-state index is -0.861. The number of rotatable bonds is 14. The molecule has 3 aromatic heterocycles. The van der Waals surface area contributed by atoms with E-state index in [9.17, 15) is 0 Å². The normalized spacial score (nSPS) is 11.9. The van der Waals surface area contributed by atoms with Crippen molar-refractivity contribution in [2.24, 2.45) is 0 Å². The SMILES string of the molecule is CCc1nc2c(CC)c(CC(OC)OC)n(Cc3ccc(-c4ccccc4-c4nnnn4C(c4ccccc4)(c4ccccc4)c4ccccc4)cc3)n2n1. The molecule has 10 nitrogen and oxygen atoms in total.